The molecule has 0 saturated carbocycles. The van der Waals surface area contributed by atoms with Gasteiger partial charge in [0.05, 0.1) is 16.3 Å². The van der Waals surface area contributed by atoms with E-state index in [9.17, 15) is 9.59 Å². The molecule has 1 aromatic heterocycles. The first-order valence-corrected chi connectivity index (χ1v) is 10.9. The van der Waals surface area contributed by atoms with Gasteiger partial charge in [-0.25, -0.2) is 5.43 Å². The lowest BCUT2D eigenvalue weighted by Gasteiger charge is -2.06. The van der Waals surface area contributed by atoms with E-state index in [4.69, 9.17) is 23.2 Å². The second-order valence-electron chi connectivity index (χ2n) is 7.44. The van der Waals surface area contributed by atoms with Crippen LogP contribution in [0.1, 0.15) is 28.4 Å². The van der Waals surface area contributed by atoms with Crippen molar-refractivity contribution in [2.45, 2.75) is 13.5 Å². The summed E-state index contributed by atoms with van der Waals surface area (Å²) in [7, 11) is 0. The molecule has 0 spiro atoms. The molecule has 3 aromatic carbocycles. The zero-order valence-electron chi connectivity index (χ0n) is 17.7. The molecule has 0 saturated heterocycles. The number of hydrogen-bond acceptors (Lipinski definition) is 3. The van der Waals surface area contributed by atoms with Crippen molar-refractivity contribution in [3.63, 3.8) is 0 Å². The van der Waals surface area contributed by atoms with Crippen LogP contribution >= 0.6 is 23.2 Å². The van der Waals surface area contributed by atoms with Gasteiger partial charge in [0.2, 0.25) is 5.91 Å². The summed E-state index contributed by atoms with van der Waals surface area (Å²) in [5.41, 5.74) is 6.38. The highest BCUT2D eigenvalue weighted by atomic mass is 35.5. The number of fused-ring (bicyclic) bond motifs is 1. The van der Waals surface area contributed by atoms with Crippen LogP contribution in [-0.4, -0.2) is 22.6 Å². The minimum atomic E-state index is -0.377. The van der Waals surface area contributed by atoms with Gasteiger partial charge < -0.3 is 9.88 Å². The van der Waals surface area contributed by atoms with E-state index >= 15 is 0 Å². The topological polar surface area (TPSA) is 75.5 Å². The van der Waals surface area contributed by atoms with Gasteiger partial charge in [0, 0.05) is 47.4 Å². The molecule has 8 heteroatoms. The van der Waals surface area contributed by atoms with Crippen LogP contribution in [0.25, 0.3) is 10.9 Å². The first kappa shape index (κ1) is 22.6. The minimum absolute atomic E-state index is 0.206. The van der Waals surface area contributed by atoms with Gasteiger partial charge in [0.15, 0.2) is 0 Å². The first-order valence-electron chi connectivity index (χ1n) is 10.1. The molecule has 0 unspecified atom stereocenters. The van der Waals surface area contributed by atoms with Crippen LogP contribution in [0.5, 0.6) is 0 Å². The summed E-state index contributed by atoms with van der Waals surface area (Å²) < 4.78 is 2.09. The lowest BCUT2D eigenvalue weighted by Crippen LogP contribution is -2.18. The Balaban J connectivity index is 1.53. The fourth-order valence-corrected chi connectivity index (χ4v) is 3.83. The third-order valence-corrected chi connectivity index (χ3v) is 5.71. The Bertz CT molecular complexity index is 1380. The number of hydrazone groups is 1. The quantitative estimate of drug-likeness (QED) is 0.274. The predicted molar refractivity (Wildman–Crippen MR) is 133 cm³/mol. The van der Waals surface area contributed by atoms with Crippen LogP contribution in [0.4, 0.5) is 5.69 Å². The van der Waals surface area contributed by atoms with Crippen molar-refractivity contribution in [2.24, 2.45) is 5.10 Å². The fraction of sp³-hybridized carbons (Fsp3) is 0.0800. The standard InChI is InChI=1S/C25H20Cl2N4O2/c1-16(32)29-20-6-4-5-18(12-20)25(33)30-28-13-19-15-31(24-8-3-2-7-21(19)24)14-17-9-10-22(26)23(27)11-17/h2-13,15H,14H2,1H3,(H,29,32)(H,30,33)/b28-13-. The smallest absolute Gasteiger partial charge is 0.271 e. The van der Waals surface area contributed by atoms with Crippen LogP contribution in [0.15, 0.2) is 78.0 Å². The van der Waals surface area contributed by atoms with E-state index in [-0.39, 0.29) is 11.8 Å². The Morgan fingerprint density at radius 3 is 2.61 bits per heavy atom. The molecule has 2 amide bonds. The first-order chi connectivity index (χ1) is 15.9. The van der Waals surface area contributed by atoms with E-state index < -0.39 is 0 Å². The molecule has 2 N–H and O–H groups in total. The number of benzene rings is 3. The summed E-state index contributed by atoms with van der Waals surface area (Å²) in [6.45, 7) is 2.02. The minimum Gasteiger partial charge on any atom is -0.342 e. The maximum absolute atomic E-state index is 12.5. The van der Waals surface area contributed by atoms with Gasteiger partial charge in [0.1, 0.15) is 0 Å². The van der Waals surface area contributed by atoms with E-state index in [0.29, 0.717) is 27.8 Å². The predicted octanol–water partition coefficient (Wildman–Crippen LogP) is 5.72. The Morgan fingerprint density at radius 2 is 1.82 bits per heavy atom. The second-order valence-corrected chi connectivity index (χ2v) is 8.25. The van der Waals surface area contributed by atoms with Crippen LogP contribution in [-0.2, 0) is 11.3 Å². The highest BCUT2D eigenvalue weighted by Crippen LogP contribution is 2.25. The van der Waals surface area contributed by atoms with Gasteiger partial charge >= 0.3 is 0 Å². The summed E-state index contributed by atoms with van der Waals surface area (Å²) in [5, 5.41) is 8.83. The summed E-state index contributed by atoms with van der Waals surface area (Å²) in [5.74, 6) is -0.583. The summed E-state index contributed by atoms with van der Waals surface area (Å²) in [6.07, 6.45) is 3.59. The molecule has 0 aliphatic carbocycles. The molecule has 33 heavy (non-hydrogen) atoms. The molecular formula is C25H20Cl2N4O2. The number of hydrogen-bond donors (Lipinski definition) is 2. The molecule has 0 radical (unpaired) electrons. The van der Waals surface area contributed by atoms with Crippen molar-refractivity contribution in [1.29, 1.82) is 0 Å². The number of nitrogens with zero attached hydrogens (tertiary/aromatic N) is 2. The maximum atomic E-state index is 12.5. The average Bonchev–Trinajstić information content (AvgIpc) is 3.13. The van der Waals surface area contributed by atoms with Crippen molar-refractivity contribution in [1.82, 2.24) is 9.99 Å². The Labute approximate surface area is 200 Å². The summed E-state index contributed by atoms with van der Waals surface area (Å²) in [6, 6.07) is 20.2. The molecule has 0 aliphatic rings. The molecule has 4 aromatic rings. The second kappa shape index (κ2) is 9.90. The number of amides is 2. The molecular weight excluding hydrogens is 459 g/mol. The number of halogens is 2. The van der Waals surface area contributed by atoms with E-state index in [1.54, 1.807) is 36.5 Å². The van der Waals surface area contributed by atoms with Crippen LogP contribution in [0.2, 0.25) is 10.0 Å². The van der Waals surface area contributed by atoms with Crippen LogP contribution in [0, 0.1) is 0 Å². The molecule has 6 nitrogen and oxygen atoms in total. The number of aromatic nitrogens is 1. The van der Waals surface area contributed by atoms with Crippen molar-refractivity contribution >= 4 is 57.8 Å². The van der Waals surface area contributed by atoms with E-state index in [2.05, 4.69) is 20.4 Å². The number of anilines is 1. The largest absolute Gasteiger partial charge is 0.342 e. The number of carbonyl (C=O) groups excluding carboxylic acids is 2. The van der Waals surface area contributed by atoms with E-state index in [0.717, 1.165) is 22.0 Å². The van der Waals surface area contributed by atoms with Crippen LogP contribution in [0.3, 0.4) is 0 Å². The summed E-state index contributed by atoms with van der Waals surface area (Å²) in [4.78, 5) is 23.7. The van der Waals surface area contributed by atoms with Gasteiger partial charge in [-0.15, -0.1) is 0 Å². The SMILES string of the molecule is CC(=O)Nc1cccc(C(=O)N/N=C\c2cn(Cc3ccc(Cl)c(Cl)c3)c3ccccc23)c1. The number of para-hydroxylation sites is 1. The van der Waals surface area contributed by atoms with Gasteiger partial charge in [0.25, 0.3) is 5.91 Å². The number of carbonyl (C=O) groups is 2. The Kier molecular flexibility index (Phi) is 6.77. The lowest BCUT2D eigenvalue weighted by molar-refractivity contribution is -0.114. The van der Waals surface area contributed by atoms with E-state index in [1.165, 1.54) is 6.92 Å². The van der Waals surface area contributed by atoms with Gasteiger partial charge in [-0.1, -0.05) is 53.5 Å². The monoisotopic (exact) mass is 478 g/mol. The number of nitrogens with one attached hydrogen (secondary N) is 2. The Hall–Kier alpha value is -3.61. The summed E-state index contributed by atoms with van der Waals surface area (Å²) >= 11 is 12.2. The molecule has 0 bridgehead atoms. The highest BCUT2D eigenvalue weighted by Gasteiger charge is 2.09. The average molecular weight is 479 g/mol. The highest BCUT2D eigenvalue weighted by molar-refractivity contribution is 6.42. The van der Waals surface area contributed by atoms with Crippen molar-refractivity contribution in [2.75, 3.05) is 5.32 Å². The Morgan fingerprint density at radius 1 is 1.00 bits per heavy atom. The van der Waals surface area contributed by atoms with Gasteiger partial charge in [-0.2, -0.15) is 5.10 Å². The van der Waals surface area contributed by atoms with Crippen LogP contribution < -0.4 is 10.7 Å². The third-order valence-electron chi connectivity index (χ3n) is 4.97. The molecule has 166 valence electrons. The molecule has 1 heterocycles. The molecule has 0 aliphatic heterocycles. The normalized spacial score (nSPS) is 11.1. The fourth-order valence-electron chi connectivity index (χ4n) is 3.51. The van der Waals surface area contributed by atoms with Crippen molar-refractivity contribution < 1.29 is 9.59 Å². The van der Waals surface area contributed by atoms with Gasteiger partial charge in [-0.3, -0.25) is 9.59 Å². The molecule has 0 fully saturated rings. The maximum Gasteiger partial charge on any atom is 0.271 e. The number of rotatable bonds is 6. The van der Waals surface area contributed by atoms with Crippen molar-refractivity contribution in [3.05, 3.63) is 99.7 Å². The molecule has 0 atom stereocenters. The molecule has 4 rings (SSSR count). The third kappa shape index (κ3) is 5.42. The zero-order valence-corrected chi connectivity index (χ0v) is 19.2. The van der Waals surface area contributed by atoms with E-state index in [1.807, 2.05) is 42.6 Å². The van der Waals surface area contributed by atoms with Gasteiger partial charge in [-0.05, 0) is 42.0 Å². The van der Waals surface area contributed by atoms with Crippen molar-refractivity contribution in [3.8, 4) is 0 Å². The zero-order chi connectivity index (χ0) is 23.4. The lowest BCUT2D eigenvalue weighted by atomic mass is 10.2.